The van der Waals surface area contributed by atoms with Crippen molar-refractivity contribution < 1.29 is 19.1 Å². The van der Waals surface area contributed by atoms with Crippen LogP contribution in [-0.2, 0) is 33.7 Å². The van der Waals surface area contributed by atoms with Crippen molar-refractivity contribution in [3.63, 3.8) is 0 Å². The third kappa shape index (κ3) is 5.43. The van der Waals surface area contributed by atoms with Gasteiger partial charge in [0.25, 0.3) is 5.91 Å². The van der Waals surface area contributed by atoms with E-state index in [1.165, 1.54) is 16.2 Å². The van der Waals surface area contributed by atoms with Crippen LogP contribution in [0.1, 0.15) is 58.6 Å². The smallest absolute Gasteiger partial charge is 0.338 e. The van der Waals surface area contributed by atoms with Gasteiger partial charge in [0.15, 0.2) is 6.61 Å². The molecule has 0 saturated heterocycles. The third-order valence-electron chi connectivity index (χ3n) is 4.64. The minimum absolute atomic E-state index is 0.133. The van der Waals surface area contributed by atoms with Crippen LogP contribution in [0, 0.1) is 11.3 Å². The second kappa shape index (κ2) is 9.68. The van der Waals surface area contributed by atoms with Gasteiger partial charge in [-0.2, -0.15) is 5.26 Å². The van der Waals surface area contributed by atoms with Crippen molar-refractivity contribution in [1.29, 1.82) is 5.26 Å². The number of aryl methyl sites for hydroxylation is 1. The first-order valence-corrected chi connectivity index (χ1v) is 10.5. The SMILES string of the molecule is CC(C)OCc1ccc(C(=O)OCC(=O)Nc2sc3c(c2C#N)CCCC3)cc1. The van der Waals surface area contributed by atoms with Crippen molar-refractivity contribution >= 4 is 28.2 Å². The molecule has 0 spiro atoms. The van der Waals surface area contributed by atoms with Gasteiger partial charge >= 0.3 is 5.97 Å². The number of hydrogen-bond donors (Lipinski definition) is 1. The van der Waals surface area contributed by atoms with Crippen molar-refractivity contribution in [3.05, 3.63) is 51.4 Å². The molecule has 1 aliphatic rings. The number of carbonyl (C=O) groups is 2. The van der Waals surface area contributed by atoms with Crippen LogP contribution in [0.4, 0.5) is 5.00 Å². The van der Waals surface area contributed by atoms with Crippen molar-refractivity contribution in [3.8, 4) is 6.07 Å². The van der Waals surface area contributed by atoms with Crippen LogP contribution in [0.15, 0.2) is 24.3 Å². The van der Waals surface area contributed by atoms with Crippen molar-refractivity contribution in [2.45, 2.75) is 52.2 Å². The summed E-state index contributed by atoms with van der Waals surface area (Å²) in [5.41, 5.74) is 2.93. The zero-order valence-electron chi connectivity index (χ0n) is 16.6. The highest BCUT2D eigenvalue weighted by molar-refractivity contribution is 7.16. The van der Waals surface area contributed by atoms with Crippen molar-refractivity contribution in [2.24, 2.45) is 0 Å². The Labute approximate surface area is 174 Å². The highest BCUT2D eigenvalue weighted by Gasteiger charge is 2.22. The molecule has 3 rings (SSSR count). The topological polar surface area (TPSA) is 88.4 Å². The molecule has 0 aliphatic heterocycles. The highest BCUT2D eigenvalue weighted by Crippen LogP contribution is 2.37. The molecule has 1 heterocycles. The number of rotatable bonds is 7. The summed E-state index contributed by atoms with van der Waals surface area (Å²) in [5, 5.41) is 12.7. The molecule has 1 N–H and O–H groups in total. The lowest BCUT2D eigenvalue weighted by molar-refractivity contribution is -0.119. The Bertz CT molecular complexity index is 926. The van der Waals surface area contributed by atoms with Gasteiger partial charge < -0.3 is 14.8 Å². The Morgan fingerprint density at radius 3 is 2.62 bits per heavy atom. The van der Waals surface area contributed by atoms with E-state index in [4.69, 9.17) is 9.47 Å². The molecule has 0 bridgehead atoms. The Morgan fingerprint density at radius 1 is 1.21 bits per heavy atom. The maximum Gasteiger partial charge on any atom is 0.338 e. The molecule has 1 aromatic heterocycles. The Kier molecular flexibility index (Phi) is 7.02. The summed E-state index contributed by atoms with van der Waals surface area (Å²) < 4.78 is 10.6. The summed E-state index contributed by atoms with van der Waals surface area (Å²) in [6.07, 6.45) is 4.11. The van der Waals surface area contributed by atoms with E-state index in [1.54, 1.807) is 24.3 Å². The van der Waals surface area contributed by atoms with Crippen molar-refractivity contribution in [1.82, 2.24) is 0 Å². The molecule has 1 aliphatic carbocycles. The number of hydrogen-bond acceptors (Lipinski definition) is 6. The van der Waals surface area contributed by atoms with Gasteiger partial charge in [0.1, 0.15) is 11.1 Å². The first-order chi connectivity index (χ1) is 14.0. The summed E-state index contributed by atoms with van der Waals surface area (Å²) in [4.78, 5) is 25.6. The van der Waals surface area contributed by atoms with Crippen LogP contribution >= 0.6 is 11.3 Å². The number of ether oxygens (including phenoxy) is 2. The van der Waals surface area contributed by atoms with Gasteiger partial charge in [0, 0.05) is 4.88 Å². The van der Waals surface area contributed by atoms with Crippen LogP contribution in [0.25, 0.3) is 0 Å². The highest BCUT2D eigenvalue weighted by atomic mass is 32.1. The number of amides is 1. The van der Waals surface area contributed by atoms with Gasteiger partial charge in [-0.1, -0.05) is 12.1 Å². The van der Waals surface area contributed by atoms with Gasteiger partial charge in [-0.15, -0.1) is 11.3 Å². The second-order valence-corrected chi connectivity index (χ2v) is 8.31. The predicted octanol–water partition coefficient (Wildman–Crippen LogP) is 4.22. The molecular weight excluding hydrogens is 388 g/mol. The van der Waals surface area contributed by atoms with Crippen LogP contribution in [0.2, 0.25) is 0 Å². The summed E-state index contributed by atoms with van der Waals surface area (Å²) in [6, 6.07) is 9.11. The summed E-state index contributed by atoms with van der Waals surface area (Å²) in [7, 11) is 0. The van der Waals surface area contributed by atoms with E-state index in [0.29, 0.717) is 22.7 Å². The monoisotopic (exact) mass is 412 g/mol. The lowest BCUT2D eigenvalue weighted by Gasteiger charge is -2.09. The number of anilines is 1. The molecule has 1 amide bonds. The number of fused-ring (bicyclic) bond motifs is 1. The summed E-state index contributed by atoms with van der Waals surface area (Å²) in [5.74, 6) is -1.02. The van der Waals surface area contributed by atoms with E-state index < -0.39 is 18.5 Å². The minimum Gasteiger partial charge on any atom is -0.452 e. The minimum atomic E-state index is -0.567. The number of benzene rings is 1. The number of esters is 1. The van der Waals surface area contributed by atoms with E-state index in [1.807, 2.05) is 13.8 Å². The lowest BCUT2D eigenvalue weighted by Crippen LogP contribution is -2.21. The molecule has 2 aromatic rings. The normalized spacial score (nSPS) is 12.9. The van der Waals surface area contributed by atoms with Gasteiger partial charge in [0.05, 0.1) is 23.8 Å². The molecule has 1 aromatic carbocycles. The molecule has 0 atom stereocenters. The van der Waals surface area contributed by atoms with Gasteiger partial charge in [0.2, 0.25) is 0 Å². The standard InChI is InChI=1S/C22H24N2O4S/c1-14(2)27-12-15-7-9-16(10-8-15)22(26)28-13-20(25)24-21-18(11-23)17-5-3-4-6-19(17)29-21/h7-10,14H,3-6,12-13H2,1-2H3,(H,24,25). The Morgan fingerprint density at radius 2 is 1.93 bits per heavy atom. The van der Waals surface area contributed by atoms with E-state index in [2.05, 4.69) is 11.4 Å². The molecule has 0 radical (unpaired) electrons. The first kappa shape index (κ1) is 21.0. The van der Waals surface area contributed by atoms with E-state index >= 15 is 0 Å². The molecular formula is C22H24N2O4S. The van der Waals surface area contributed by atoms with E-state index in [9.17, 15) is 14.9 Å². The average Bonchev–Trinajstić information content (AvgIpc) is 3.07. The summed E-state index contributed by atoms with van der Waals surface area (Å²) >= 11 is 1.45. The first-order valence-electron chi connectivity index (χ1n) is 9.70. The number of nitrogens with zero attached hydrogens (tertiary/aromatic N) is 1. The number of nitrogens with one attached hydrogen (secondary N) is 1. The van der Waals surface area contributed by atoms with Crippen LogP contribution in [0.3, 0.4) is 0 Å². The Hall–Kier alpha value is -2.69. The lowest BCUT2D eigenvalue weighted by atomic mass is 9.96. The van der Waals surface area contributed by atoms with Gasteiger partial charge in [-0.25, -0.2) is 4.79 Å². The number of nitriles is 1. The number of carbonyl (C=O) groups excluding carboxylic acids is 2. The van der Waals surface area contributed by atoms with Gasteiger partial charge in [-0.05, 0) is 62.8 Å². The maximum absolute atomic E-state index is 12.2. The predicted molar refractivity (Wildman–Crippen MR) is 111 cm³/mol. The average molecular weight is 413 g/mol. The van der Waals surface area contributed by atoms with Crippen molar-refractivity contribution in [2.75, 3.05) is 11.9 Å². The fourth-order valence-corrected chi connectivity index (χ4v) is 4.41. The quantitative estimate of drug-likeness (QED) is 0.688. The molecule has 0 saturated carbocycles. The zero-order valence-corrected chi connectivity index (χ0v) is 17.4. The van der Waals surface area contributed by atoms with Gasteiger partial charge in [-0.3, -0.25) is 4.79 Å². The third-order valence-corrected chi connectivity index (χ3v) is 5.85. The molecule has 0 unspecified atom stereocenters. The van der Waals surface area contributed by atoms with E-state index in [0.717, 1.165) is 36.8 Å². The fourth-order valence-electron chi connectivity index (χ4n) is 3.15. The second-order valence-electron chi connectivity index (χ2n) is 7.21. The maximum atomic E-state index is 12.2. The van der Waals surface area contributed by atoms with Crippen LogP contribution in [0.5, 0.6) is 0 Å². The van der Waals surface area contributed by atoms with Crippen LogP contribution < -0.4 is 5.32 Å². The fraction of sp³-hybridized carbons (Fsp3) is 0.409. The molecule has 0 fully saturated rings. The summed E-state index contributed by atoms with van der Waals surface area (Å²) in [6.45, 7) is 4.00. The molecule has 29 heavy (non-hydrogen) atoms. The number of thiophene rings is 1. The van der Waals surface area contributed by atoms with E-state index in [-0.39, 0.29) is 6.10 Å². The molecule has 6 nitrogen and oxygen atoms in total. The Balaban J connectivity index is 1.54. The molecule has 7 heteroatoms. The zero-order chi connectivity index (χ0) is 20.8. The largest absolute Gasteiger partial charge is 0.452 e. The molecule has 152 valence electrons. The van der Waals surface area contributed by atoms with Crippen LogP contribution in [-0.4, -0.2) is 24.6 Å².